The van der Waals surface area contributed by atoms with Crippen molar-refractivity contribution in [1.82, 2.24) is 9.97 Å². The Morgan fingerprint density at radius 2 is 2.06 bits per heavy atom. The second-order valence-electron chi connectivity index (χ2n) is 3.18. The number of imidazole rings is 1. The number of allylic oxidation sites excluding steroid dienone is 1. The molecule has 0 fully saturated rings. The Morgan fingerprint density at radius 3 is 2.69 bits per heavy atom. The van der Waals surface area contributed by atoms with Gasteiger partial charge in [-0.25, -0.2) is 4.98 Å². The number of H-pyrrole nitrogens is 1. The van der Waals surface area contributed by atoms with Gasteiger partial charge in [0, 0.05) is 22.4 Å². The van der Waals surface area contributed by atoms with Crippen LogP contribution in [0.15, 0.2) is 47.2 Å². The third-order valence-corrected chi connectivity index (χ3v) is 2.57. The van der Waals surface area contributed by atoms with Gasteiger partial charge in [-0.05, 0) is 36.4 Å². The van der Waals surface area contributed by atoms with Crippen molar-refractivity contribution in [3.63, 3.8) is 0 Å². The van der Waals surface area contributed by atoms with E-state index in [1.54, 1.807) is 30.6 Å². The van der Waals surface area contributed by atoms with Crippen LogP contribution in [0.1, 0.15) is 16.2 Å². The highest BCUT2D eigenvalue weighted by atomic mass is 79.9. The van der Waals surface area contributed by atoms with Crippen LogP contribution in [0.3, 0.4) is 0 Å². The Kier molecular flexibility index (Phi) is 3.31. The molecule has 1 aromatic carbocycles. The number of nitrogens with zero attached hydrogens (tertiary/aromatic N) is 1. The van der Waals surface area contributed by atoms with Crippen LogP contribution in [0.2, 0.25) is 0 Å². The van der Waals surface area contributed by atoms with Gasteiger partial charge in [-0.15, -0.1) is 0 Å². The normalized spacial score (nSPS) is 10.8. The summed E-state index contributed by atoms with van der Waals surface area (Å²) in [6, 6.07) is 7.24. The van der Waals surface area contributed by atoms with Crippen molar-refractivity contribution in [2.24, 2.45) is 0 Å². The topological polar surface area (TPSA) is 45.8 Å². The van der Waals surface area contributed by atoms with E-state index in [2.05, 4.69) is 25.9 Å². The van der Waals surface area contributed by atoms with E-state index in [-0.39, 0.29) is 5.78 Å². The van der Waals surface area contributed by atoms with Crippen molar-refractivity contribution in [3.05, 3.63) is 58.6 Å². The molecule has 0 amide bonds. The van der Waals surface area contributed by atoms with Crippen LogP contribution < -0.4 is 0 Å². The van der Waals surface area contributed by atoms with Crippen LogP contribution in [0.5, 0.6) is 0 Å². The molecule has 16 heavy (non-hydrogen) atoms. The Labute approximate surface area is 101 Å². The van der Waals surface area contributed by atoms with Crippen LogP contribution in [0, 0.1) is 0 Å². The van der Waals surface area contributed by atoms with Crippen LogP contribution in [-0.4, -0.2) is 15.8 Å². The molecule has 0 aliphatic rings. The lowest BCUT2D eigenvalue weighted by molar-refractivity contribution is 0.104. The monoisotopic (exact) mass is 276 g/mol. The summed E-state index contributed by atoms with van der Waals surface area (Å²) in [6.07, 6.45) is 6.51. The highest BCUT2D eigenvalue weighted by molar-refractivity contribution is 9.10. The summed E-state index contributed by atoms with van der Waals surface area (Å²) in [6.45, 7) is 0. The predicted molar refractivity (Wildman–Crippen MR) is 66.1 cm³/mol. The number of ketones is 1. The Balaban J connectivity index is 2.11. The molecule has 0 aliphatic heterocycles. The quantitative estimate of drug-likeness (QED) is 0.692. The SMILES string of the molecule is O=C(C=Cc1ncc[nH]1)c1ccc(Br)cc1. The zero-order valence-corrected chi connectivity index (χ0v) is 9.94. The van der Waals surface area contributed by atoms with Gasteiger partial charge in [-0.1, -0.05) is 15.9 Å². The first-order chi connectivity index (χ1) is 7.75. The highest BCUT2D eigenvalue weighted by Gasteiger charge is 2.00. The summed E-state index contributed by atoms with van der Waals surface area (Å²) >= 11 is 3.32. The number of nitrogens with one attached hydrogen (secondary N) is 1. The molecule has 0 atom stereocenters. The Bertz CT molecular complexity index is 500. The molecule has 0 bridgehead atoms. The predicted octanol–water partition coefficient (Wildman–Crippen LogP) is 3.07. The van der Waals surface area contributed by atoms with Crippen molar-refractivity contribution in [3.8, 4) is 0 Å². The summed E-state index contributed by atoms with van der Waals surface area (Å²) in [5, 5.41) is 0. The third kappa shape index (κ3) is 2.67. The van der Waals surface area contributed by atoms with Gasteiger partial charge in [0.15, 0.2) is 5.78 Å². The highest BCUT2D eigenvalue weighted by Crippen LogP contribution is 2.11. The molecule has 0 aliphatic carbocycles. The van der Waals surface area contributed by atoms with E-state index >= 15 is 0 Å². The molecule has 0 spiro atoms. The fourth-order valence-corrected chi connectivity index (χ4v) is 1.50. The lowest BCUT2D eigenvalue weighted by Gasteiger charge is -1.95. The first-order valence-corrected chi connectivity index (χ1v) is 5.52. The summed E-state index contributed by atoms with van der Waals surface area (Å²) < 4.78 is 0.957. The maximum absolute atomic E-state index is 11.7. The van der Waals surface area contributed by atoms with Gasteiger partial charge in [0.25, 0.3) is 0 Å². The third-order valence-electron chi connectivity index (χ3n) is 2.04. The zero-order valence-electron chi connectivity index (χ0n) is 8.35. The van der Waals surface area contributed by atoms with Gasteiger partial charge >= 0.3 is 0 Å². The Hall–Kier alpha value is -1.68. The second-order valence-corrected chi connectivity index (χ2v) is 4.09. The molecule has 2 rings (SSSR count). The average Bonchev–Trinajstić information content (AvgIpc) is 2.80. The fourth-order valence-electron chi connectivity index (χ4n) is 1.23. The largest absolute Gasteiger partial charge is 0.345 e. The van der Waals surface area contributed by atoms with Crippen molar-refractivity contribution in [2.75, 3.05) is 0 Å². The number of aromatic nitrogens is 2. The Morgan fingerprint density at radius 1 is 1.31 bits per heavy atom. The standard InChI is InChI=1S/C12H9BrN2O/c13-10-3-1-9(2-4-10)11(16)5-6-12-14-7-8-15-12/h1-8H,(H,14,15). The number of hydrogen-bond donors (Lipinski definition) is 1. The van der Waals surface area contributed by atoms with E-state index in [4.69, 9.17) is 0 Å². The van der Waals surface area contributed by atoms with Crippen molar-refractivity contribution in [1.29, 1.82) is 0 Å². The van der Waals surface area contributed by atoms with E-state index in [0.717, 1.165) is 4.47 Å². The van der Waals surface area contributed by atoms with E-state index in [9.17, 15) is 4.79 Å². The number of halogens is 1. The van der Waals surface area contributed by atoms with Gasteiger partial charge in [0.05, 0.1) is 0 Å². The molecule has 80 valence electrons. The van der Waals surface area contributed by atoms with Crippen molar-refractivity contribution in [2.45, 2.75) is 0 Å². The van der Waals surface area contributed by atoms with Crippen LogP contribution in [-0.2, 0) is 0 Å². The van der Waals surface area contributed by atoms with E-state index < -0.39 is 0 Å². The van der Waals surface area contributed by atoms with Gasteiger partial charge in [-0.3, -0.25) is 4.79 Å². The first-order valence-electron chi connectivity index (χ1n) is 4.73. The summed E-state index contributed by atoms with van der Waals surface area (Å²) in [5.41, 5.74) is 0.658. The van der Waals surface area contributed by atoms with Gasteiger partial charge in [0.1, 0.15) is 5.82 Å². The molecule has 3 nitrogen and oxygen atoms in total. The lowest BCUT2D eigenvalue weighted by Crippen LogP contribution is -1.93. The minimum atomic E-state index is -0.0381. The number of aromatic amines is 1. The molecule has 2 aromatic rings. The molecule has 0 unspecified atom stereocenters. The van der Waals surface area contributed by atoms with Gasteiger partial charge in [-0.2, -0.15) is 0 Å². The molecular weight excluding hydrogens is 268 g/mol. The number of carbonyl (C=O) groups is 1. The smallest absolute Gasteiger partial charge is 0.185 e. The number of hydrogen-bond acceptors (Lipinski definition) is 2. The lowest BCUT2D eigenvalue weighted by atomic mass is 10.1. The maximum Gasteiger partial charge on any atom is 0.185 e. The molecular formula is C12H9BrN2O. The van der Waals surface area contributed by atoms with Crippen LogP contribution >= 0.6 is 15.9 Å². The average molecular weight is 277 g/mol. The number of carbonyl (C=O) groups excluding carboxylic acids is 1. The number of rotatable bonds is 3. The van der Waals surface area contributed by atoms with Crippen molar-refractivity contribution >= 4 is 27.8 Å². The minimum absolute atomic E-state index is 0.0381. The molecule has 0 saturated carbocycles. The molecule has 1 heterocycles. The summed E-state index contributed by atoms with van der Waals surface area (Å²) in [7, 11) is 0. The molecule has 0 saturated heterocycles. The summed E-state index contributed by atoms with van der Waals surface area (Å²) in [5.74, 6) is 0.634. The first kappa shape index (κ1) is 10.8. The molecule has 4 heteroatoms. The van der Waals surface area contributed by atoms with E-state index in [0.29, 0.717) is 11.4 Å². The molecule has 1 aromatic heterocycles. The van der Waals surface area contributed by atoms with Crippen molar-refractivity contribution < 1.29 is 4.79 Å². The maximum atomic E-state index is 11.7. The van der Waals surface area contributed by atoms with Crippen LogP contribution in [0.25, 0.3) is 6.08 Å². The van der Waals surface area contributed by atoms with Gasteiger partial charge in [0.2, 0.25) is 0 Å². The van der Waals surface area contributed by atoms with Crippen LogP contribution in [0.4, 0.5) is 0 Å². The van der Waals surface area contributed by atoms with Gasteiger partial charge < -0.3 is 4.98 Å². The zero-order chi connectivity index (χ0) is 11.4. The molecule has 1 N–H and O–H groups in total. The minimum Gasteiger partial charge on any atom is -0.345 e. The molecule has 0 radical (unpaired) electrons. The fraction of sp³-hybridized carbons (Fsp3) is 0. The summed E-state index contributed by atoms with van der Waals surface area (Å²) in [4.78, 5) is 18.6. The van der Waals surface area contributed by atoms with E-state index in [1.165, 1.54) is 6.08 Å². The number of benzene rings is 1. The van der Waals surface area contributed by atoms with E-state index in [1.807, 2.05) is 12.1 Å². The second kappa shape index (κ2) is 4.90.